The van der Waals surface area contributed by atoms with Crippen LogP contribution in [0.3, 0.4) is 0 Å². The summed E-state index contributed by atoms with van der Waals surface area (Å²) in [6, 6.07) is 98.1. The minimum atomic E-state index is -0.784. The van der Waals surface area contributed by atoms with Crippen LogP contribution in [0.4, 0.5) is 34.1 Å². The van der Waals surface area contributed by atoms with Gasteiger partial charge in [-0.25, -0.2) is 0 Å². The number of anilines is 6. The fraction of sp³-hybridized carbons (Fsp3) is 0.0649. The quantitative estimate of drug-likeness (QED) is 0.137. The topological polar surface area (TPSA) is 32.8 Å². The second-order valence-electron chi connectivity index (χ2n) is 21.6. The molecule has 0 unspecified atom stereocenters. The molecule has 0 amide bonds. The molecular formula is C77H54N2O2. The third kappa shape index (κ3) is 6.90. The van der Waals surface area contributed by atoms with Crippen molar-refractivity contribution in [2.24, 2.45) is 0 Å². The van der Waals surface area contributed by atoms with Crippen molar-refractivity contribution in [3.63, 3.8) is 0 Å². The Hall–Kier alpha value is -10.2. The summed E-state index contributed by atoms with van der Waals surface area (Å²) in [6.07, 6.45) is 1.71. The highest BCUT2D eigenvalue weighted by molar-refractivity contribution is 6.24. The van der Waals surface area contributed by atoms with Crippen LogP contribution in [0.1, 0.15) is 47.2 Å². The maximum Gasteiger partial charge on any atom is 0.159 e. The summed E-state index contributed by atoms with van der Waals surface area (Å²) in [5, 5.41) is 11.7. The van der Waals surface area contributed by atoms with E-state index in [0.29, 0.717) is 0 Å². The molecule has 0 aliphatic heterocycles. The zero-order valence-corrected chi connectivity index (χ0v) is 45.0. The molecule has 4 heteroatoms. The lowest BCUT2D eigenvalue weighted by atomic mass is 9.67. The number of hydrogen-bond acceptors (Lipinski definition) is 4. The number of hydrogen-bond donors (Lipinski definition) is 0. The van der Waals surface area contributed by atoms with Crippen LogP contribution in [0.2, 0.25) is 0 Å². The van der Waals surface area contributed by atoms with E-state index in [4.69, 9.17) is 8.83 Å². The van der Waals surface area contributed by atoms with Crippen molar-refractivity contribution in [1.29, 1.82) is 0 Å². The summed E-state index contributed by atoms with van der Waals surface area (Å²) in [6.45, 7) is 4.44. The first-order chi connectivity index (χ1) is 40.1. The standard InChI is InChI=1S/C77H54N2O2/c1-3-49-45-51-25-17-19-35-58(51)71-63-39-23-41-67(75(63)80-73(49)71)78(55-31-13-7-14-32-55)57-43-44-62-65(47-57)77(53-27-9-5-10-28-53,54-29-11-6-12-30-54)66-48-69(60-37-21-22-38-61(60)70(62)66)79(56-33-15-8-16-34-56)68-42-24-40-64-72-59-36-20-18-26-52(59)46-50(4-2)74(72)81-76(64)68/h5-48H,3-4H2,1-2H3. The Morgan fingerprint density at radius 1 is 0.321 bits per heavy atom. The molecule has 2 aromatic heterocycles. The van der Waals surface area contributed by atoms with E-state index >= 15 is 0 Å². The number of nitrogens with zero attached hydrogens (tertiary/aromatic N) is 2. The number of para-hydroxylation sites is 4. The summed E-state index contributed by atoms with van der Waals surface area (Å²) >= 11 is 0. The zero-order chi connectivity index (χ0) is 53.8. The van der Waals surface area contributed by atoms with Gasteiger partial charge >= 0.3 is 0 Å². The van der Waals surface area contributed by atoms with Crippen molar-refractivity contribution in [3.8, 4) is 11.1 Å². The summed E-state index contributed by atoms with van der Waals surface area (Å²) < 4.78 is 14.5. The van der Waals surface area contributed by atoms with E-state index in [0.717, 1.165) is 96.2 Å². The lowest BCUT2D eigenvalue weighted by molar-refractivity contribution is 0.663. The second-order valence-corrected chi connectivity index (χ2v) is 21.6. The molecule has 0 atom stereocenters. The molecule has 13 aromatic carbocycles. The van der Waals surface area contributed by atoms with E-state index in [1.54, 1.807) is 0 Å². The van der Waals surface area contributed by atoms with Crippen LogP contribution in [-0.2, 0) is 18.3 Å². The zero-order valence-electron chi connectivity index (χ0n) is 45.0. The van der Waals surface area contributed by atoms with Gasteiger partial charge in [0.25, 0.3) is 0 Å². The molecule has 0 saturated carbocycles. The highest BCUT2D eigenvalue weighted by Gasteiger charge is 2.48. The Balaban J connectivity index is 0.993. The van der Waals surface area contributed by atoms with Crippen molar-refractivity contribution >= 4 is 110 Å². The van der Waals surface area contributed by atoms with Gasteiger partial charge in [0.15, 0.2) is 11.2 Å². The van der Waals surface area contributed by atoms with E-state index in [-0.39, 0.29) is 0 Å². The summed E-state index contributed by atoms with van der Waals surface area (Å²) in [4.78, 5) is 4.86. The fourth-order valence-electron chi connectivity index (χ4n) is 13.9. The normalized spacial score (nSPS) is 12.8. The van der Waals surface area contributed by atoms with E-state index in [9.17, 15) is 0 Å². The van der Waals surface area contributed by atoms with Gasteiger partial charge in [-0.2, -0.15) is 0 Å². The minimum Gasteiger partial charge on any atom is -0.454 e. The number of furan rings is 2. The maximum atomic E-state index is 7.30. The molecule has 16 rings (SSSR count). The molecule has 0 spiro atoms. The largest absolute Gasteiger partial charge is 0.454 e. The Labute approximate surface area is 470 Å². The van der Waals surface area contributed by atoms with Gasteiger partial charge < -0.3 is 18.6 Å². The molecule has 81 heavy (non-hydrogen) atoms. The molecule has 2 heterocycles. The van der Waals surface area contributed by atoms with Gasteiger partial charge in [0.1, 0.15) is 11.2 Å². The van der Waals surface area contributed by atoms with Gasteiger partial charge in [0.05, 0.1) is 22.5 Å². The highest BCUT2D eigenvalue weighted by atomic mass is 16.3. The molecule has 0 bridgehead atoms. The average molecular weight is 1040 g/mol. The molecule has 1 aliphatic carbocycles. The van der Waals surface area contributed by atoms with Crippen LogP contribution >= 0.6 is 0 Å². The molecule has 0 fully saturated rings. The van der Waals surface area contributed by atoms with Crippen LogP contribution in [0.25, 0.3) is 87.3 Å². The Kier molecular flexibility index (Phi) is 10.7. The molecule has 4 nitrogen and oxygen atoms in total. The third-order valence-corrected chi connectivity index (χ3v) is 17.4. The van der Waals surface area contributed by atoms with Gasteiger partial charge in [-0.3, -0.25) is 0 Å². The van der Waals surface area contributed by atoms with Crippen LogP contribution in [0.5, 0.6) is 0 Å². The highest BCUT2D eigenvalue weighted by Crippen LogP contribution is 2.61. The monoisotopic (exact) mass is 1040 g/mol. The fourth-order valence-corrected chi connectivity index (χ4v) is 13.9. The van der Waals surface area contributed by atoms with Crippen molar-refractivity contribution in [2.75, 3.05) is 9.80 Å². The van der Waals surface area contributed by atoms with Crippen molar-refractivity contribution < 1.29 is 8.83 Å². The van der Waals surface area contributed by atoms with Gasteiger partial charge in [0, 0.05) is 44.0 Å². The smallest absolute Gasteiger partial charge is 0.159 e. The predicted octanol–water partition coefficient (Wildman–Crippen LogP) is 21.4. The molecule has 384 valence electrons. The van der Waals surface area contributed by atoms with Gasteiger partial charge in [-0.1, -0.05) is 214 Å². The summed E-state index contributed by atoms with van der Waals surface area (Å²) in [5.41, 5.74) is 18.6. The number of fused-ring (bicyclic) bond motifs is 15. The van der Waals surface area contributed by atoms with Crippen LogP contribution in [-0.4, -0.2) is 0 Å². The SMILES string of the molecule is CCc1cc2ccccc2c2c1oc1c(N(c3ccccc3)c3ccc4c(c3)C(c3ccccc3)(c3ccccc3)c3cc(N(c5ccccc5)c5cccc6c5oc5c(CC)cc7ccccc7c56)c5ccccc5c3-4)cccc12. The van der Waals surface area contributed by atoms with E-state index in [1.807, 2.05) is 0 Å². The van der Waals surface area contributed by atoms with E-state index in [1.165, 1.54) is 71.4 Å². The van der Waals surface area contributed by atoms with Crippen molar-refractivity contribution in [2.45, 2.75) is 32.1 Å². The van der Waals surface area contributed by atoms with Gasteiger partial charge in [-0.05, 0) is 151 Å². The molecule has 0 N–H and O–H groups in total. The summed E-state index contributed by atoms with van der Waals surface area (Å²) in [7, 11) is 0. The molecule has 0 radical (unpaired) electrons. The summed E-state index contributed by atoms with van der Waals surface area (Å²) in [5.74, 6) is 0. The molecule has 1 aliphatic rings. The van der Waals surface area contributed by atoms with Crippen LogP contribution in [0.15, 0.2) is 276 Å². The van der Waals surface area contributed by atoms with Crippen LogP contribution in [0, 0.1) is 0 Å². The lowest BCUT2D eigenvalue weighted by Gasteiger charge is -2.36. The average Bonchev–Trinajstić information content (AvgIpc) is 3.32. The first kappa shape index (κ1) is 46.9. The number of benzene rings is 13. The predicted molar refractivity (Wildman–Crippen MR) is 339 cm³/mol. The molecule has 15 aromatic rings. The van der Waals surface area contributed by atoms with Crippen molar-refractivity contribution in [1.82, 2.24) is 0 Å². The second kappa shape index (κ2) is 18.5. The Bertz CT molecular complexity index is 4920. The third-order valence-electron chi connectivity index (χ3n) is 17.4. The van der Waals surface area contributed by atoms with Crippen LogP contribution < -0.4 is 9.80 Å². The lowest BCUT2D eigenvalue weighted by Crippen LogP contribution is -2.29. The number of rotatable bonds is 10. The van der Waals surface area contributed by atoms with E-state index in [2.05, 4.69) is 291 Å². The minimum absolute atomic E-state index is 0.784. The Morgan fingerprint density at radius 2 is 0.765 bits per heavy atom. The van der Waals surface area contributed by atoms with E-state index < -0.39 is 5.41 Å². The molecular weight excluding hydrogens is 985 g/mol. The van der Waals surface area contributed by atoms with Gasteiger partial charge in [-0.15, -0.1) is 0 Å². The van der Waals surface area contributed by atoms with Gasteiger partial charge in [0.2, 0.25) is 0 Å². The maximum absolute atomic E-state index is 7.30. The first-order valence-electron chi connectivity index (χ1n) is 28.4. The van der Waals surface area contributed by atoms with Crippen molar-refractivity contribution in [3.05, 3.63) is 300 Å². The Morgan fingerprint density at radius 3 is 1.30 bits per heavy atom. The number of aryl methyl sites for hydroxylation is 2. The molecule has 0 saturated heterocycles. The first-order valence-corrected chi connectivity index (χ1v) is 28.4.